The van der Waals surface area contributed by atoms with Gasteiger partial charge < -0.3 is 10.4 Å². The predicted molar refractivity (Wildman–Crippen MR) is 131 cm³/mol. The minimum absolute atomic E-state index is 0.162. The molecule has 1 heterocycles. The van der Waals surface area contributed by atoms with Crippen molar-refractivity contribution in [2.45, 2.75) is 38.3 Å². The number of benzene rings is 3. The summed E-state index contributed by atoms with van der Waals surface area (Å²) in [7, 11) is 0. The fourth-order valence-electron chi connectivity index (χ4n) is 4.06. The maximum absolute atomic E-state index is 14.5. The number of nitrogens with one attached hydrogen (secondary N) is 1. The van der Waals surface area contributed by atoms with Crippen LogP contribution in [0.1, 0.15) is 30.4 Å². The van der Waals surface area contributed by atoms with Crippen LogP contribution in [0, 0.1) is 5.82 Å². The van der Waals surface area contributed by atoms with Crippen molar-refractivity contribution in [1.29, 1.82) is 0 Å². The summed E-state index contributed by atoms with van der Waals surface area (Å²) in [5.74, 6) is -0.686. The van der Waals surface area contributed by atoms with Crippen molar-refractivity contribution < 1.29 is 14.3 Å². The highest BCUT2D eigenvalue weighted by Gasteiger charge is 2.16. The molecule has 3 aromatic rings. The molecule has 4 rings (SSSR count). The lowest BCUT2D eigenvalue weighted by Gasteiger charge is -2.29. The molecule has 0 aromatic heterocycles. The number of amides is 1. The van der Waals surface area contributed by atoms with Crippen molar-refractivity contribution in [3.05, 3.63) is 88.7 Å². The Bertz CT molecular complexity index is 1080. The highest BCUT2D eigenvalue weighted by Crippen LogP contribution is 2.26. The normalized spacial score (nSPS) is 14.9. The number of likely N-dealkylation sites (tertiary alicyclic amines) is 1. The molecule has 3 aromatic carbocycles. The van der Waals surface area contributed by atoms with Crippen LogP contribution in [0.4, 0.5) is 10.1 Å². The number of piperidine rings is 1. The number of aliphatic hydroxyl groups excluding tert-OH is 1. The number of carbonyl (C=O) groups is 1. The lowest BCUT2D eigenvalue weighted by molar-refractivity contribution is -0.116. The molecule has 1 saturated heterocycles. The van der Waals surface area contributed by atoms with Crippen molar-refractivity contribution >= 4 is 23.2 Å². The average Bonchev–Trinajstić information content (AvgIpc) is 2.82. The Kier molecular flexibility index (Phi) is 7.76. The number of carbonyl (C=O) groups excluding carboxylic acids is 1. The lowest BCUT2D eigenvalue weighted by Crippen LogP contribution is -2.35. The van der Waals surface area contributed by atoms with Gasteiger partial charge in [-0.15, -0.1) is 0 Å². The third-order valence-electron chi connectivity index (χ3n) is 6.05. The summed E-state index contributed by atoms with van der Waals surface area (Å²) < 4.78 is 14.5. The van der Waals surface area contributed by atoms with Crippen molar-refractivity contribution in [2.75, 3.05) is 18.4 Å². The number of nitrogens with zero attached hydrogens (tertiary/aromatic N) is 1. The van der Waals surface area contributed by atoms with Crippen molar-refractivity contribution in [2.24, 2.45) is 0 Å². The van der Waals surface area contributed by atoms with E-state index in [1.165, 1.54) is 11.6 Å². The van der Waals surface area contributed by atoms with Crippen LogP contribution < -0.4 is 5.32 Å². The summed E-state index contributed by atoms with van der Waals surface area (Å²) in [6.07, 6.45) is 2.37. The highest BCUT2D eigenvalue weighted by atomic mass is 35.5. The van der Waals surface area contributed by atoms with Gasteiger partial charge in [-0.3, -0.25) is 9.69 Å². The Balaban J connectivity index is 1.27. The molecule has 1 aliphatic rings. The lowest BCUT2D eigenvalue weighted by atomic mass is 10.0. The second-order valence-corrected chi connectivity index (χ2v) is 9.01. The third-order valence-corrected chi connectivity index (χ3v) is 6.30. The molecule has 0 atom stereocenters. The Morgan fingerprint density at radius 3 is 2.27 bits per heavy atom. The zero-order chi connectivity index (χ0) is 23.2. The van der Waals surface area contributed by atoms with E-state index >= 15 is 0 Å². The van der Waals surface area contributed by atoms with Gasteiger partial charge in [-0.2, -0.15) is 0 Å². The van der Waals surface area contributed by atoms with Crippen LogP contribution in [0.5, 0.6) is 0 Å². The smallest absolute Gasteiger partial charge is 0.224 e. The Labute approximate surface area is 199 Å². The molecule has 2 N–H and O–H groups in total. The van der Waals surface area contributed by atoms with Gasteiger partial charge in [0.05, 0.1) is 11.8 Å². The molecule has 0 saturated carbocycles. The zero-order valence-electron chi connectivity index (χ0n) is 18.4. The zero-order valence-corrected chi connectivity index (χ0v) is 19.2. The largest absolute Gasteiger partial charge is 0.393 e. The van der Waals surface area contributed by atoms with E-state index in [-0.39, 0.29) is 24.1 Å². The number of aliphatic hydroxyl groups is 1. The maximum atomic E-state index is 14.5. The molecule has 4 nitrogen and oxygen atoms in total. The molecular formula is C27H28ClFN2O2. The number of anilines is 1. The van der Waals surface area contributed by atoms with Gasteiger partial charge in [0, 0.05) is 31.1 Å². The van der Waals surface area contributed by atoms with Crippen molar-refractivity contribution in [1.82, 2.24) is 4.90 Å². The van der Waals surface area contributed by atoms with Gasteiger partial charge in [-0.1, -0.05) is 54.1 Å². The van der Waals surface area contributed by atoms with Crippen LogP contribution in [0.2, 0.25) is 5.02 Å². The van der Waals surface area contributed by atoms with E-state index in [9.17, 15) is 14.3 Å². The molecule has 0 radical (unpaired) electrons. The minimum atomic E-state index is -0.467. The molecule has 1 amide bonds. The number of rotatable bonds is 7. The summed E-state index contributed by atoms with van der Waals surface area (Å²) in [4.78, 5) is 14.7. The van der Waals surface area contributed by atoms with Crippen LogP contribution >= 0.6 is 11.6 Å². The molecule has 33 heavy (non-hydrogen) atoms. The molecule has 0 unspecified atom stereocenters. The maximum Gasteiger partial charge on any atom is 0.224 e. The van der Waals surface area contributed by atoms with E-state index in [1.807, 2.05) is 24.3 Å². The SMILES string of the molecule is O=C(CCc1ccc(CN2CCC(O)CC2)cc1)Nc1ccc(-c2ccc(Cl)cc2)cc1F. The summed E-state index contributed by atoms with van der Waals surface area (Å²) in [5.41, 5.74) is 4.06. The molecule has 0 spiro atoms. The first-order valence-electron chi connectivity index (χ1n) is 11.3. The fraction of sp³-hybridized carbons (Fsp3) is 0.296. The van der Waals surface area contributed by atoms with Crippen molar-refractivity contribution in [3.63, 3.8) is 0 Å². The van der Waals surface area contributed by atoms with Crippen LogP contribution in [0.25, 0.3) is 11.1 Å². The van der Waals surface area contributed by atoms with Crippen LogP contribution in [0.15, 0.2) is 66.7 Å². The summed E-state index contributed by atoms with van der Waals surface area (Å²) in [5, 5.41) is 12.9. The van der Waals surface area contributed by atoms with Crippen LogP contribution in [-0.2, 0) is 17.8 Å². The van der Waals surface area contributed by atoms with Gasteiger partial charge in [0.25, 0.3) is 0 Å². The summed E-state index contributed by atoms with van der Waals surface area (Å²) in [6, 6.07) is 20.2. The van der Waals surface area contributed by atoms with Gasteiger partial charge in [0.2, 0.25) is 5.91 Å². The minimum Gasteiger partial charge on any atom is -0.393 e. The molecule has 0 bridgehead atoms. The van der Waals surface area contributed by atoms with E-state index < -0.39 is 5.82 Å². The van der Waals surface area contributed by atoms with E-state index in [0.29, 0.717) is 11.4 Å². The quantitative estimate of drug-likeness (QED) is 0.471. The first-order valence-corrected chi connectivity index (χ1v) is 11.7. The van der Waals surface area contributed by atoms with E-state index in [4.69, 9.17) is 11.6 Å². The highest BCUT2D eigenvalue weighted by molar-refractivity contribution is 6.30. The Morgan fingerprint density at radius 1 is 0.970 bits per heavy atom. The molecule has 0 aliphatic carbocycles. The second kappa shape index (κ2) is 10.9. The topological polar surface area (TPSA) is 52.6 Å². The predicted octanol–water partition coefficient (Wildman–Crippen LogP) is 5.67. The number of halogens is 2. The van der Waals surface area contributed by atoms with E-state index in [2.05, 4.69) is 22.3 Å². The summed E-state index contributed by atoms with van der Waals surface area (Å²) >= 11 is 5.91. The number of hydrogen-bond donors (Lipinski definition) is 2. The second-order valence-electron chi connectivity index (χ2n) is 8.57. The standard InChI is InChI=1S/C27H28ClFN2O2/c28-23-9-6-21(7-10-23)22-8-11-26(25(29)17-22)30-27(33)12-5-19-1-3-20(4-2-19)18-31-15-13-24(32)14-16-31/h1-4,6-11,17,24,32H,5,12-16,18H2,(H,30,33). The van der Waals surface area contributed by atoms with Crippen molar-refractivity contribution in [3.8, 4) is 11.1 Å². The Hall–Kier alpha value is -2.73. The molecule has 172 valence electrons. The number of hydrogen-bond acceptors (Lipinski definition) is 3. The Morgan fingerprint density at radius 2 is 1.61 bits per heavy atom. The van der Waals surface area contributed by atoms with Crippen LogP contribution in [-0.4, -0.2) is 35.1 Å². The van der Waals surface area contributed by atoms with Gasteiger partial charge in [0.15, 0.2) is 0 Å². The van der Waals surface area contributed by atoms with Gasteiger partial charge in [0.1, 0.15) is 5.82 Å². The summed E-state index contributed by atoms with van der Waals surface area (Å²) in [6.45, 7) is 2.71. The monoisotopic (exact) mass is 466 g/mol. The van der Waals surface area contributed by atoms with Crippen LogP contribution in [0.3, 0.4) is 0 Å². The third kappa shape index (κ3) is 6.64. The molecule has 1 aliphatic heterocycles. The number of aryl methyl sites for hydroxylation is 1. The van der Waals surface area contributed by atoms with Gasteiger partial charge in [-0.05, 0) is 65.8 Å². The first-order chi connectivity index (χ1) is 16.0. The van der Waals surface area contributed by atoms with E-state index in [0.717, 1.165) is 49.2 Å². The average molecular weight is 467 g/mol. The molecular weight excluding hydrogens is 439 g/mol. The molecule has 6 heteroatoms. The van der Waals surface area contributed by atoms with E-state index in [1.54, 1.807) is 24.3 Å². The molecule has 1 fully saturated rings. The fourth-order valence-corrected chi connectivity index (χ4v) is 4.18. The van der Waals surface area contributed by atoms with Gasteiger partial charge in [-0.25, -0.2) is 4.39 Å². The first kappa shape index (κ1) is 23.4. The van der Waals surface area contributed by atoms with Gasteiger partial charge >= 0.3 is 0 Å².